The molecule has 0 saturated heterocycles. The fraction of sp³-hybridized carbons (Fsp3) is 0.429. The van der Waals surface area contributed by atoms with Gasteiger partial charge in [-0.25, -0.2) is 4.99 Å². The molecular weight excluding hydrogens is 372 g/mol. The van der Waals surface area contributed by atoms with Gasteiger partial charge in [-0.05, 0) is 55.8 Å². The average molecular weight is 400 g/mol. The number of methoxy groups -OCH3 is 2. The van der Waals surface area contributed by atoms with E-state index in [0.29, 0.717) is 42.1 Å². The first-order valence-corrected chi connectivity index (χ1v) is 9.59. The smallest absolute Gasteiger partial charge is 0.223 e. The lowest BCUT2D eigenvalue weighted by Gasteiger charge is -2.26. The third kappa shape index (κ3) is 5.29. The predicted octanol–water partition coefficient (Wildman–Crippen LogP) is 3.05. The Morgan fingerprint density at radius 1 is 1.17 bits per heavy atom. The molecule has 1 fully saturated rings. The van der Waals surface area contributed by atoms with Gasteiger partial charge in [0.05, 0.1) is 13.7 Å². The Kier molecular flexibility index (Phi) is 6.77. The first-order chi connectivity index (χ1) is 14.0. The standard InChI is InChI=1S/C21H28N4O4/c1-13(22)9-19(23)24-20-11-14-10-17(27-3)18(28-8-7-26-2)12-16(14)21(25-20)29-15-5-4-6-15/h9-12,15H,4-8,22H2,1-3H3,(H2,23,24,25)/b13-9-. The molecule has 0 amide bonds. The summed E-state index contributed by atoms with van der Waals surface area (Å²) in [5.41, 5.74) is 12.2. The second-order valence-electron chi connectivity index (χ2n) is 6.95. The molecule has 3 rings (SSSR count). The number of nitrogens with zero attached hydrogens (tertiary/aromatic N) is 2. The van der Waals surface area contributed by atoms with Crippen molar-refractivity contribution in [1.82, 2.24) is 4.98 Å². The van der Waals surface area contributed by atoms with Crippen LogP contribution in [0.15, 0.2) is 35.0 Å². The van der Waals surface area contributed by atoms with Gasteiger partial charge in [0, 0.05) is 18.2 Å². The molecule has 8 nitrogen and oxygen atoms in total. The Bertz CT molecular complexity index is 919. The van der Waals surface area contributed by atoms with E-state index >= 15 is 0 Å². The van der Waals surface area contributed by atoms with Gasteiger partial charge < -0.3 is 30.4 Å². The van der Waals surface area contributed by atoms with Gasteiger partial charge in [-0.1, -0.05) is 0 Å². The number of hydrogen-bond acceptors (Lipinski definition) is 7. The molecule has 29 heavy (non-hydrogen) atoms. The summed E-state index contributed by atoms with van der Waals surface area (Å²) in [5, 5.41) is 1.69. The van der Waals surface area contributed by atoms with E-state index in [1.54, 1.807) is 27.2 Å². The summed E-state index contributed by atoms with van der Waals surface area (Å²) in [5.74, 6) is 2.44. The van der Waals surface area contributed by atoms with Crippen LogP contribution < -0.4 is 25.7 Å². The highest BCUT2D eigenvalue weighted by Gasteiger charge is 2.22. The molecule has 0 aliphatic heterocycles. The van der Waals surface area contributed by atoms with Crippen molar-refractivity contribution in [3.05, 3.63) is 30.0 Å². The van der Waals surface area contributed by atoms with Crippen LogP contribution in [0.5, 0.6) is 17.4 Å². The van der Waals surface area contributed by atoms with Crippen LogP contribution in [-0.2, 0) is 4.74 Å². The molecular formula is C21H28N4O4. The van der Waals surface area contributed by atoms with E-state index in [0.717, 1.165) is 30.0 Å². The molecule has 1 saturated carbocycles. The van der Waals surface area contributed by atoms with Gasteiger partial charge in [0.25, 0.3) is 0 Å². The van der Waals surface area contributed by atoms with E-state index in [-0.39, 0.29) is 11.9 Å². The molecule has 156 valence electrons. The molecule has 1 heterocycles. The maximum Gasteiger partial charge on any atom is 0.223 e. The molecule has 0 radical (unpaired) electrons. The quantitative estimate of drug-likeness (QED) is 0.378. The lowest BCUT2D eigenvalue weighted by molar-refractivity contribution is 0.117. The molecule has 0 spiro atoms. The lowest BCUT2D eigenvalue weighted by Crippen LogP contribution is -2.25. The van der Waals surface area contributed by atoms with Crippen molar-refractivity contribution < 1.29 is 18.9 Å². The summed E-state index contributed by atoms with van der Waals surface area (Å²) in [6.45, 7) is 2.64. The van der Waals surface area contributed by atoms with E-state index in [2.05, 4.69) is 9.98 Å². The number of aromatic nitrogens is 1. The number of pyridine rings is 1. The average Bonchev–Trinajstić information content (AvgIpc) is 2.63. The normalized spacial score (nSPS) is 15.3. The zero-order valence-corrected chi connectivity index (χ0v) is 17.1. The van der Waals surface area contributed by atoms with Gasteiger partial charge in [-0.3, -0.25) is 0 Å². The number of hydrogen-bond donors (Lipinski definition) is 2. The van der Waals surface area contributed by atoms with Gasteiger partial charge in [-0.15, -0.1) is 0 Å². The van der Waals surface area contributed by atoms with Crippen LogP contribution in [0.1, 0.15) is 26.2 Å². The minimum atomic E-state index is 0.161. The number of allylic oxidation sites excluding steroid dienone is 1. The molecule has 8 heteroatoms. The summed E-state index contributed by atoms with van der Waals surface area (Å²) in [4.78, 5) is 8.94. The van der Waals surface area contributed by atoms with Crippen LogP contribution in [0.4, 0.5) is 5.82 Å². The maximum absolute atomic E-state index is 6.14. The number of aliphatic imine (C=N–C) groups is 1. The first kappa shape index (κ1) is 20.7. The zero-order valence-electron chi connectivity index (χ0n) is 17.1. The van der Waals surface area contributed by atoms with Crippen molar-refractivity contribution in [2.24, 2.45) is 16.5 Å². The summed E-state index contributed by atoms with van der Waals surface area (Å²) >= 11 is 0. The van der Waals surface area contributed by atoms with Crippen molar-refractivity contribution in [1.29, 1.82) is 0 Å². The predicted molar refractivity (Wildman–Crippen MR) is 113 cm³/mol. The van der Waals surface area contributed by atoms with Crippen molar-refractivity contribution in [2.75, 3.05) is 27.4 Å². The molecule has 0 atom stereocenters. The number of rotatable bonds is 9. The molecule has 1 aromatic heterocycles. The topological polar surface area (TPSA) is 114 Å². The number of benzene rings is 1. The highest BCUT2D eigenvalue weighted by molar-refractivity contribution is 5.95. The van der Waals surface area contributed by atoms with Crippen LogP contribution in [0, 0.1) is 0 Å². The summed E-state index contributed by atoms with van der Waals surface area (Å²) in [7, 11) is 3.23. The van der Waals surface area contributed by atoms with Crippen LogP contribution in [-0.4, -0.2) is 44.4 Å². The first-order valence-electron chi connectivity index (χ1n) is 9.59. The molecule has 2 aromatic rings. The van der Waals surface area contributed by atoms with Gasteiger partial charge >= 0.3 is 0 Å². The van der Waals surface area contributed by atoms with Gasteiger partial charge in [-0.2, -0.15) is 4.98 Å². The monoisotopic (exact) mass is 400 g/mol. The highest BCUT2D eigenvalue weighted by atomic mass is 16.5. The minimum absolute atomic E-state index is 0.161. The molecule has 4 N–H and O–H groups in total. The van der Waals surface area contributed by atoms with E-state index in [1.807, 2.05) is 18.2 Å². The van der Waals surface area contributed by atoms with E-state index in [9.17, 15) is 0 Å². The molecule has 1 aliphatic rings. The fourth-order valence-corrected chi connectivity index (χ4v) is 2.91. The molecule has 0 bridgehead atoms. The van der Waals surface area contributed by atoms with Crippen LogP contribution in [0.2, 0.25) is 0 Å². The summed E-state index contributed by atoms with van der Waals surface area (Å²) in [6.07, 6.45) is 4.94. The van der Waals surface area contributed by atoms with E-state index in [4.69, 9.17) is 30.4 Å². The maximum atomic E-state index is 6.14. The van der Waals surface area contributed by atoms with Crippen molar-refractivity contribution in [3.63, 3.8) is 0 Å². The van der Waals surface area contributed by atoms with E-state index in [1.165, 1.54) is 0 Å². The third-order valence-corrected chi connectivity index (χ3v) is 4.56. The number of amidine groups is 1. The van der Waals surface area contributed by atoms with Gasteiger partial charge in [0.1, 0.15) is 18.5 Å². The van der Waals surface area contributed by atoms with Crippen LogP contribution >= 0.6 is 0 Å². The molecule has 1 aliphatic carbocycles. The van der Waals surface area contributed by atoms with Crippen LogP contribution in [0.3, 0.4) is 0 Å². The Morgan fingerprint density at radius 3 is 2.59 bits per heavy atom. The van der Waals surface area contributed by atoms with Crippen molar-refractivity contribution >= 4 is 22.4 Å². The molecule has 1 aromatic carbocycles. The number of fused-ring (bicyclic) bond motifs is 1. The SMILES string of the molecule is COCCOc1cc2c(OC3CCC3)nc(/N=C(N)\C=C(\C)N)cc2cc1OC. The largest absolute Gasteiger partial charge is 0.493 e. The van der Waals surface area contributed by atoms with Gasteiger partial charge in [0.2, 0.25) is 5.88 Å². The minimum Gasteiger partial charge on any atom is -0.493 e. The Hall–Kier alpha value is -3.00. The Labute approximate surface area is 170 Å². The Balaban J connectivity index is 2.06. The zero-order chi connectivity index (χ0) is 20.8. The number of ether oxygens (including phenoxy) is 4. The van der Waals surface area contributed by atoms with Crippen molar-refractivity contribution in [2.45, 2.75) is 32.3 Å². The molecule has 0 unspecified atom stereocenters. The Morgan fingerprint density at radius 2 is 1.97 bits per heavy atom. The number of nitrogens with two attached hydrogens (primary N) is 2. The second-order valence-corrected chi connectivity index (χ2v) is 6.95. The highest BCUT2D eigenvalue weighted by Crippen LogP contribution is 2.38. The van der Waals surface area contributed by atoms with Crippen molar-refractivity contribution in [3.8, 4) is 17.4 Å². The van der Waals surface area contributed by atoms with Gasteiger partial charge in [0.15, 0.2) is 17.3 Å². The summed E-state index contributed by atoms with van der Waals surface area (Å²) in [6, 6.07) is 5.59. The fourth-order valence-electron chi connectivity index (χ4n) is 2.91. The van der Waals surface area contributed by atoms with Crippen LogP contribution in [0.25, 0.3) is 10.8 Å². The second kappa shape index (κ2) is 9.47. The lowest BCUT2D eigenvalue weighted by atomic mass is 9.96. The summed E-state index contributed by atoms with van der Waals surface area (Å²) < 4.78 is 22.5. The van der Waals surface area contributed by atoms with E-state index < -0.39 is 0 Å². The third-order valence-electron chi connectivity index (χ3n) is 4.56.